The third kappa shape index (κ3) is 3.94. The second-order valence-electron chi connectivity index (χ2n) is 7.20. The molecule has 2 heterocycles. The minimum Gasteiger partial charge on any atom is -0.465 e. The van der Waals surface area contributed by atoms with Crippen LogP contribution >= 0.6 is 0 Å². The summed E-state index contributed by atoms with van der Waals surface area (Å²) in [5, 5.41) is 2.90. The highest BCUT2D eigenvalue weighted by Gasteiger charge is 2.19. The van der Waals surface area contributed by atoms with Crippen LogP contribution in [0.4, 0.5) is 11.4 Å². The Labute approximate surface area is 173 Å². The first-order valence-corrected chi connectivity index (χ1v) is 9.92. The van der Waals surface area contributed by atoms with Crippen LogP contribution in [0.3, 0.4) is 0 Å². The number of fused-ring (bicyclic) bond motifs is 1. The number of benzene rings is 2. The molecule has 0 atom stereocenters. The number of carbonyl (C=O) groups is 2. The maximum Gasteiger partial charge on any atom is 0.419 e. The number of rotatable bonds is 6. The molecule has 1 aromatic heterocycles. The summed E-state index contributed by atoms with van der Waals surface area (Å²) in [6, 6.07) is 12.3. The van der Waals surface area contributed by atoms with E-state index in [0.29, 0.717) is 22.4 Å². The third-order valence-electron chi connectivity index (χ3n) is 5.27. The summed E-state index contributed by atoms with van der Waals surface area (Å²) in [7, 11) is 1.32. The summed E-state index contributed by atoms with van der Waals surface area (Å²) < 4.78 is 11.5. The zero-order valence-corrected chi connectivity index (χ0v) is 16.7. The van der Waals surface area contributed by atoms with E-state index in [1.165, 1.54) is 11.7 Å². The molecule has 2 aromatic carbocycles. The maximum absolute atomic E-state index is 12.7. The van der Waals surface area contributed by atoms with Crippen molar-refractivity contribution in [3.8, 4) is 0 Å². The van der Waals surface area contributed by atoms with Crippen molar-refractivity contribution in [3.63, 3.8) is 0 Å². The van der Waals surface area contributed by atoms with Gasteiger partial charge < -0.3 is 19.4 Å². The molecule has 1 N–H and O–H groups in total. The van der Waals surface area contributed by atoms with E-state index in [1.54, 1.807) is 30.3 Å². The first kappa shape index (κ1) is 19.8. The molecule has 0 saturated carbocycles. The second-order valence-corrected chi connectivity index (χ2v) is 7.20. The molecular weight excluding hydrogens is 386 g/mol. The lowest BCUT2D eigenvalue weighted by molar-refractivity contribution is -0.116. The van der Waals surface area contributed by atoms with Gasteiger partial charge in [0.05, 0.1) is 29.6 Å². The van der Waals surface area contributed by atoms with E-state index in [1.807, 2.05) is 12.1 Å². The number of ether oxygens (including phenoxy) is 1. The summed E-state index contributed by atoms with van der Waals surface area (Å²) >= 11 is 0. The molecule has 1 aliphatic rings. The molecule has 4 rings (SSSR count). The van der Waals surface area contributed by atoms with E-state index in [9.17, 15) is 14.4 Å². The molecule has 1 aliphatic heterocycles. The standard InChI is InChI=1S/C22H23N3O5/c1-29-21(27)15-8-9-17(24-11-4-5-12-24)16(14-15)23-20(26)10-13-25-18-6-2-3-7-19(18)30-22(25)28/h2-3,6-9,14H,4-5,10-13H2,1H3,(H,23,26). The molecule has 8 nitrogen and oxygen atoms in total. The first-order valence-electron chi connectivity index (χ1n) is 9.92. The fourth-order valence-corrected chi connectivity index (χ4v) is 3.77. The SMILES string of the molecule is COC(=O)c1ccc(N2CCCC2)c(NC(=O)CCn2c(=O)oc3ccccc32)c1. The van der Waals surface area contributed by atoms with E-state index < -0.39 is 11.7 Å². The lowest BCUT2D eigenvalue weighted by Crippen LogP contribution is -2.23. The number of aromatic nitrogens is 1. The van der Waals surface area contributed by atoms with Gasteiger partial charge in [-0.3, -0.25) is 9.36 Å². The molecule has 1 fully saturated rings. The molecule has 156 valence electrons. The molecule has 30 heavy (non-hydrogen) atoms. The molecule has 0 spiro atoms. The van der Waals surface area contributed by atoms with Crippen LogP contribution in [0.2, 0.25) is 0 Å². The highest BCUT2D eigenvalue weighted by molar-refractivity contribution is 5.98. The number of methoxy groups -OCH3 is 1. The smallest absolute Gasteiger partial charge is 0.419 e. The van der Waals surface area contributed by atoms with Crippen molar-refractivity contribution in [3.05, 3.63) is 58.6 Å². The van der Waals surface area contributed by atoms with Crippen molar-refractivity contribution in [1.82, 2.24) is 4.57 Å². The number of carbonyl (C=O) groups excluding carboxylic acids is 2. The molecule has 1 saturated heterocycles. The van der Waals surface area contributed by atoms with Crippen LogP contribution < -0.4 is 16.0 Å². The predicted octanol–water partition coefficient (Wildman–Crippen LogP) is 3.01. The zero-order chi connectivity index (χ0) is 21.1. The van der Waals surface area contributed by atoms with Crippen molar-refractivity contribution in [1.29, 1.82) is 0 Å². The summed E-state index contributed by atoms with van der Waals surface area (Å²) in [6.07, 6.45) is 2.26. The van der Waals surface area contributed by atoms with Gasteiger partial charge in [-0.2, -0.15) is 0 Å². The summed E-state index contributed by atoms with van der Waals surface area (Å²) in [5.74, 6) is -1.21. The van der Waals surface area contributed by atoms with Crippen molar-refractivity contribution in [2.75, 3.05) is 30.4 Å². The van der Waals surface area contributed by atoms with Crippen LogP contribution in [0.5, 0.6) is 0 Å². The number of nitrogens with one attached hydrogen (secondary N) is 1. The Balaban J connectivity index is 1.53. The van der Waals surface area contributed by atoms with Gasteiger partial charge in [0.25, 0.3) is 0 Å². The van der Waals surface area contributed by atoms with Gasteiger partial charge in [-0.15, -0.1) is 0 Å². The number of anilines is 2. The Morgan fingerprint density at radius 3 is 2.67 bits per heavy atom. The van der Waals surface area contributed by atoms with Gasteiger partial charge in [0.15, 0.2) is 5.58 Å². The van der Waals surface area contributed by atoms with Crippen molar-refractivity contribution >= 4 is 34.4 Å². The average molecular weight is 409 g/mol. The number of nitrogens with zero attached hydrogens (tertiary/aromatic N) is 2. The Kier molecular flexibility index (Phi) is 5.56. The second kappa shape index (κ2) is 8.44. The number of oxazole rings is 1. The van der Waals surface area contributed by atoms with Crippen molar-refractivity contribution < 1.29 is 18.7 Å². The maximum atomic E-state index is 12.7. The number of aryl methyl sites for hydroxylation is 1. The lowest BCUT2D eigenvalue weighted by atomic mass is 10.1. The number of hydrogen-bond acceptors (Lipinski definition) is 6. The van der Waals surface area contributed by atoms with Crippen molar-refractivity contribution in [2.45, 2.75) is 25.8 Å². The molecule has 8 heteroatoms. The Bertz CT molecular complexity index is 1140. The molecular formula is C22H23N3O5. The number of para-hydroxylation sites is 2. The molecule has 0 radical (unpaired) electrons. The predicted molar refractivity (Wildman–Crippen MR) is 113 cm³/mol. The van der Waals surface area contributed by atoms with Gasteiger partial charge in [-0.05, 0) is 43.2 Å². The van der Waals surface area contributed by atoms with Crippen molar-refractivity contribution in [2.24, 2.45) is 0 Å². The molecule has 3 aromatic rings. The summed E-state index contributed by atoms with van der Waals surface area (Å²) in [5.41, 5.74) is 2.95. The molecule has 0 unspecified atom stereocenters. The van der Waals surface area contributed by atoms with Crippen LogP contribution in [0.25, 0.3) is 11.1 Å². The first-order chi connectivity index (χ1) is 14.6. The van der Waals surface area contributed by atoms with Gasteiger partial charge in [0.1, 0.15) is 0 Å². The Morgan fingerprint density at radius 2 is 1.90 bits per heavy atom. The third-order valence-corrected chi connectivity index (χ3v) is 5.27. The fraction of sp³-hybridized carbons (Fsp3) is 0.318. The molecule has 0 aliphatic carbocycles. The number of amides is 1. The van der Waals surface area contributed by atoms with Gasteiger partial charge in [0, 0.05) is 26.1 Å². The summed E-state index contributed by atoms with van der Waals surface area (Å²) in [4.78, 5) is 38.9. The normalized spacial score (nSPS) is 13.6. The highest BCUT2D eigenvalue weighted by atomic mass is 16.5. The topological polar surface area (TPSA) is 93.8 Å². The minimum atomic E-state index is -0.491. The zero-order valence-electron chi connectivity index (χ0n) is 16.7. The van der Waals surface area contributed by atoms with E-state index in [4.69, 9.17) is 9.15 Å². The highest BCUT2D eigenvalue weighted by Crippen LogP contribution is 2.30. The Hall–Kier alpha value is -3.55. The monoisotopic (exact) mass is 409 g/mol. The molecule has 1 amide bonds. The summed E-state index contributed by atoms with van der Waals surface area (Å²) in [6.45, 7) is 1.99. The fourth-order valence-electron chi connectivity index (χ4n) is 3.77. The quantitative estimate of drug-likeness (QED) is 0.629. The van der Waals surface area contributed by atoms with Crippen LogP contribution in [-0.4, -0.2) is 36.6 Å². The van der Waals surface area contributed by atoms with Crippen LogP contribution in [0, 0.1) is 0 Å². The lowest BCUT2D eigenvalue weighted by Gasteiger charge is -2.22. The Morgan fingerprint density at radius 1 is 1.13 bits per heavy atom. The van der Waals surface area contributed by atoms with Gasteiger partial charge in [-0.25, -0.2) is 9.59 Å². The van der Waals surface area contributed by atoms with E-state index in [0.717, 1.165) is 31.6 Å². The minimum absolute atomic E-state index is 0.0886. The van der Waals surface area contributed by atoms with Crippen LogP contribution in [-0.2, 0) is 16.1 Å². The number of hydrogen-bond donors (Lipinski definition) is 1. The average Bonchev–Trinajstić information content (AvgIpc) is 3.39. The molecule has 0 bridgehead atoms. The van der Waals surface area contributed by atoms with E-state index >= 15 is 0 Å². The van der Waals surface area contributed by atoms with E-state index in [2.05, 4.69) is 10.2 Å². The van der Waals surface area contributed by atoms with Crippen LogP contribution in [0.1, 0.15) is 29.6 Å². The largest absolute Gasteiger partial charge is 0.465 e. The van der Waals surface area contributed by atoms with E-state index in [-0.39, 0.29) is 18.9 Å². The van der Waals surface area contributed by atoms with Gasteiger partial charge >= 0.3 is 11.7 Å². The van der Waals surface area contributed by atoms with Gasteiger partial charge in [-0.1, -0.05) is 12.1 Å². The number of esters is 1. The van der Waals surface area contributed by atoms with Gasteiger partial charge in [0.2, 0.25) is 5.91 Å². The van der Waals surface area contributed by atoms with Crippen LogP contribution in [0.15, 0.2) is 51.7 Å².